The second-order valence-electron chi connectivity index (χ2n) is 4.47. The van der Waals surface area contributed by atoms with Crippen LogP contribution in [0.25, 0.3) is 11.1 Å². The molecule has 0 saturated heterocycles. The van der Waals surface area contributed by atoms with Crippen molar-refractivity contribution in [2.45, 2.75) is 19.8 Å². The van der Waals surface area contributed by atoms with Gasteiger partial charge in [0.15, 0.2) is 0 Å². The third-order valence-electron chi connectivity index (χ3n) is 2.84. The van der Waals surface area contributed by atoms with Crippen molar-refractivity contribution in [2.75, 3.05) is 0 Å². The van der Waals surface area contributed by atoms with E-state index in [-0.39, 0.29) is 11.5 Å². The first kappa shape index (κ1) is 11.5. The minimum Gasteiger partial charge on any atom is -0.508 e. The lowest BCUT2D eigenvalue weighted by atomic mass is 9.92. The molecule has 0 aliphatic heterocycles. The van der Waals surface area contributed by atoms with E-state index in [0.29, 0.717) is 5.92 Å². The molecule has 0 aliphatic carbocycles. The third-order valence-corrected chi connectivity index (χ3v) is 2.84. The van der Waals surface area contributed by atoms with E-state index < -0.39 is 0 Å². The van der Waals surface area contributed by atoms with E-state index in [1.54, 1.807) is 24.3 Å². The zero-order valence-corrected chi connectivity index (χ0v) is 10.0. The van der Waals surface area contributed by atoms with Crippen LogP contribution in [0.2, 0.25) is 0 Å². The lowest BCUT2D eigenvalue weighted by Crippen LogP contribution is -1.92. The zero-order valence-electron chi connectivity index (χ0n) is 10.0. The molecule has 0 amide bonds. The van der Waals surface area contributed by atoms with Crippen LogP contribution in [0.5, 0.6) is 11.5 Å². The molecule has 2 aromatic rings. The van der Waals surface area contributed by atoms with Gasteiger partial charge < -0.3 is 10.2 Å². The van der Waals surface area contributed by atoms with Gasteiger partial charge in [0.05, 0.1) is 0 Å². The average Bonchev–Trinajstić information content (AvgIpc) is 2.29. The van der Waals surface area contributed by atoms with Crippen LogP contribution in [0, 0.1) is 0 Å². The van der Waals surface area contributed by atoms with Crippen molar-refractivity contribution < 1.29 is 10.2 Å². The Kier molecular flexibility index (Phi) is 3.05. The molecule has 2 nitrogen and oxygen atoms in total. The van der Waals surface area contributed by atoms with E-state index in [9.17, 15) is 10.2 Å². The summed E-state index contributed by atoms with van der Waals surface area (Å²) in [5.41, 5.74) is 3.20. The number of aromatic hydroxyl groups is 2. The summed E-state index contributed by atoms with van der Waals surface area (Å²) >= 11 is 0. The molecule has 88 valence electrons. The van der Waals surface area contributed by atoms with Gasteiger partial charge in [0.2, 0.25) is 0 Å². The molecule has 0 aliphatic rings. The van der Waals surface area contributed by atoms with E-state index in [2.05, 4.69) is 13.8 Å². The van der Waals surface area contributed by atoms with E-state index in [1.165, 1.54) is 5.56 Å². The summed E-state index contributed by atoms with van der Waals surface area (Å²) in [7, 11) is 0. The highest BCUT2D eigenvalue weighted by Gasteiger charge is 2.09. The van der Waals surface area contributed by atoms with Crippen LogP contribution >= 0.6 is 0 Å². The minimum atomic E-state index is 0.250. The molecule has 17 heavy (non-hydrogen) atoms. The molecule has 2 aromatic carbocycles. The Balaban J connectivity index is 2.56. The second kappa shape index (κ2) is 4.50. The third kappa shape index (κ3) is 2.41. The lowest BCUT2D eigenvalue weighted by molar-refractivity contribution is 0.475. The molecule has 0 heterocycles. The fourth-order valence-electron chi connectivity index (χ4n) is 1.94. The molecule has 0 saturated carbocycles. The number of rotatable bonds is 2. The summed E-state index contributed by atoms with van der Waals surface area (Å²) in [5, 5.41) is 18.9. The molecule has 0 radical (unpaired) electrons. The van der Waals surface area contributed by atoms with Crippen LogP contribution in [-0.2, 0) is 0 Å². The summed E-state index contributed by atoms with van der Waals surface area (Å²) in [6.45, 7) is 4.24. The molecule has 0 spiro atoms. The van der Waals surface area contributed by atoms with Gasteiger partial charge in [0.25, 0.3) is 0 Å². The highest BCUT2D eigenvalue weighted by molar-refractivity contribution is 5.70. The van der Waals surface area contributed by atoms with Gasteiger partial charge in [-0.2, -0.15) is 0 Å². The van der Waals surface area contributed by atoms with Gasteiger partial charge in [-0.3, -0.25) is 0 Å². The fraction of sp³-hybridized carbons (Fsp3) is 0.200. The van der Waals surface area contributed by atoms with Gasteiger partial charge in [-0.15, -0.1) is 0 Å². The largest absolute Gasteiger partial charge is 0.508 e. The van der Waals surface area contributed by atoms with Crippen molar-refractivity contribution >= 4 is 0 Å². The monoisotopic (exact) mass is 228 g/mol. The number of phenols is 2. The molecule has 0 fully saturated rings. The van der Waals surface area contributed by atoms with Gasteiger partial charge >= 0.3 is 0 Å². The normalized spacial score (nSPS) is 10.8. The second-order valence-corrected chi connectivity index (χ2v) is 4.47. The summed E-state index contributed by atoms with van der Waals surface area (Å²) in [6.07, 6.45) is 0. The molecule has 2 N–H and O–H groups in total. The maximum atomic E-state index is 9.59. The highest BCUT2D eigenvalue weighted by atomic mass is 16.3. The quantitative estimate of drug-likeness (QED) is 0.818. The number of phenolic OH excluding ortho intramolecular Hbond substituents is 2. The highest BCUT2D eigenvalue weighted by Crippen LogP contribution is 2.32. The maximum absolute atomic E-state index is 9.59. The Bertz CT molecular complexity index is 513. The Morgan fingerprint density at radius 2 is 1.41 bits per heavy atom. The predicted octanol–water partition coefficient (Wildman–Crippen LogP) is 3.89. The van der Waals surface area contributed by atoms with Gasteiger partial charge in [-0.1, -0.05) is 32.0 Å². The van der Waals surface area contributed by atoms with E-state index in [1.807, 2.05) is 18.2 Å². The van der Waals surface area contributed by atoms with Gasteiger partial charge in [-0.25, -0.2) is 0 Å². The Morgan fingerprint density at radius 3 is 2.00 bits per heavy atom. The van der Waals surface area contributed by atoms with E-state index in [0.717, 1.165) is 11.1 Å². The van der Waals surface area contributed by atoms with Crippen molar-refractivity contribution in [3.05, 3.63) is 48.0 Å². The van der Waals surface area contributed by atoms with Crippen LogP contribution in [0.3, 0.4) is 0 Å². The topological polar surface area (TPSA) is 40.5 Å². The standard InChI is InChI=1S/C15H16O2/c1-10(2)14-8-7-13(17)9-15(14)11-3-5-12(16)6-4-11/h3-10,16-17H,1-2H3. The summed E-state index contributed by atoms with van der Waals surface area (Å²) in [5.74, 6) is 0.900. The number of hydrogen-bond donors (Lipinski definition) is 2. The number of hydrogen-bond acceptors (Lipinski definition) is 2. The molecule has 2 heteroatoms. The zero-order chi connectivity index (χ0) is 12.4. The smallest absolute Gasteiger partial charge is 0.116 e. The molecule has 0 aromatic heterocycles. The summed E-state index contributed by atoms with van der Waals surface area (Å²) in [4.78, 5) is 0. The predicted molar refractivity (Wildman–Crippen MR) is 69.3 cm³/mol. The first-order valence-corrected chi connectivity index (χ1v) is 5.70. The van der Waals surface area contributed by atoms with Crippen molar-refractivity contribution in [3.63, 3.8) is 0 Å². The van der Waals surface area contributed by atoms with Crippen LogP contribution in [0.4, 0.5) is 0 Å². The molecule has 2 rings (SSSR count). The molecular formula is C15H16O2. The summed E-state index contributed by atoms with van der Waals surface area (Å²) in [6, 6.07) is 12.4. The van der Waals surface area contributed by atoms with Crippen LogP contribution in [0.1, 0.15) is 25.3 Å². The van der Waals surface area contributed by atoms with E-state index >= 15 is 0 Å². The van der Waals surface area contributed by atoms with Crippen molar-refractivity contribution in [1.82, 2.24) is 0 Å². The van der Waals surface area contributed by atoms with Crippen molar-refractivity contribution in [3.8, 4) is 22.6 Å². The molecule has 0 unspecified atom stereocenters. The minimum absolute atomic E-state index is 0.250. The Labute approximate surface area is 101 Å². The fourth-order valence-corrected chi connectivity index (χ4v) is 1.94. The van der Waals surface area contributed by atoms with Crippen molar-refractivity contribution in [1.29, 1.82) is 0 Å². The first-order chi connectivity index (χ1) is 8.08. The van der Waals surface area contributed by atoms with Gasteiger partial charge in [0.1, 0.15) is 11.5 Å². The average molecular weight is 228 g/mol. The maximum Gasteiger partial charge on any atom is 0.116 e. The molecule has 0 atom stereocenters. The Hall–Kier alpha value is -1.96. The van der Waals surface area contributed by atoms with Crippen LogP contribution < -0.4 is 0 Å². The van der Waals surface area contributed by atoms with E-state index in [4.69, 9.17) is 0 Å². The lowest BCUT2D eigenvalue weighted by Gasteiger charge is -2.13. The van der Waals surface area contributed by atoms with Crippen LogP contribution in [-0.4, -0.2) is 10.2 Å². The molecule has 0 bridgehead atoms. The Morgan fingerprint density at radius 1 is 0.824 bits per heavy atom. The van der Waals surface area contributed by atoms with Gasteiger partial charge in [-0.05, 0) is 46.9 Å². The SMILES string of the molecule is CC(C)c1ccc(O)cc1-c1ccc(O)cc1. The molecular weight excluding hydrogens is 212 g/mol. The number of benzene rings is 2. The van der Waals surface area contributed by atoms with Gasteiger partial charge in [0, 0.05) is 0 Å². The van der Waals surface area contributed by atoms with Crippen molar-refractivity contribution in [2.24, 2.45) is 0 Å². The van der Waals surface area contributed by atoms with Crippen LogP contribution in [0.15, 0.2) is 42.5 Å². The first-order valence-electron chi connectivity index (χ1n) is 5.70. The summed E-state index contributed by atoms with van der Waals surface area (Å²) < 4.78 is 0.